The zero-order valence-corrected chi connectivity index (χ0v) is 17.5. The highest BCUT2D eigenvalue weighted by atomic mass is 16.5. The van der Waals surface area contributed by atoms with E-state index in [2.05, 4.69) is 26.4 Å². The van der Waals surface area contributed by atoms with Crippen LogP contribution >= 0.6 is 0 Å². The number of anilines is 2. The quantitative estimate of drug-likeness (QED) is 0.674. The molecule has 0 spiro atoms. The summed E-state index contributed by atoms with van der Waals surface area (Å²) in [6.07, 6.45) is 3.84. The van der Waals surface area contributed by atoms with Crippen molar-refractivity contribution in [3.63, 3.8) is 0 Å². The van der Waals surface area contributed by atoms with Crippen molar-refractivity contribution in [3.05, 3.63) is 59.2 Å². The number of nitrogens with one attached hydrogen (secondary N) is 1. The van der Waals surface area contributed by atoms with Crippen molar-refractivity contribution in [2.45, 2.75) is 32.4 Å². The van der Waals surface area contributed by atoms with Crippen LogP contribution in [0.25, 0.3) is 0 Å². The van der Waals surface area contributed by atoms with Crippen molar-refractivity contribution in [1.82, 2.24) is 24.6 Å². The van der Waals surface area contributed by atoms with E-state index in [-0.39, 0.29) is 6.04 Å². The van der Waals surface area contributed by atoms with Crippen LogP contribution in [0.2, 0.25) is 0 Å². The van der Waals surface area contributed by atoms with Gasteiger partial charge in [0.25, 0.3) is 0 Å². The van der Waals surface area contributed by atoms with Gasteiger partial charge in [-0.15, -0.1) is 0 Å². The fraction of sp³-hybridized carbons (Fsp3) is 0.364. The Balaban J connectivity index is 1.53. The first-order valence-electron chi connectivity index (χ1n) is 9.99. The number of nitrogens with zero attached hydrogens (tertiary/aromatic N) is 6. The number of nitriles is 1. The van der Waals surface area contributed by atoms with Gasteiger partial charge >= 0.3 is 0 Å². The summed E-state index contributed by atoms with van der Waals surface area (Å²) in [5.74, 6) is 1.58. The smallest absolute Gasteiger partial charge is 0.216 e. The van der Waals surface area contributed by atoms with Crippen LogP contribution in [0.1, 0.15) is 41.5 Å². The molecule has 0 amide bonds. The molecule has 0 aromatic carbocycles. The molecule has 4 heterocycles. The number of likely N-dealkylation sites (tertiary alicyclic amines) is 1. The van der Waals surface area contributed by atoms with E-state index in [0.717, 1.165) is 60.3 Å². The van der Waals surface area contributed by atoms with Gasteiger partial charge in [-0.3, -0.25) is 4.90 Å². The molecule has 30 heavy (non-hydrogen) atoms. The molecule has 0 unspecified atom stereocenters. The van der Waals surface area contributed by atoms with E-state index in [0.29, 0.717) is 5.69 Å². The first kappa shape index (κ1) is 19.9. The maximum Gasteiger partial charge on any atom is 0.216 e. The monoisotopic (exact) mass is 403 g/mol. The summed E-state index contributed by atoms with van der Waals surface area (Å²) in [7, 11) is 3.60. The third-order valence-electron chi connectivity index (χ3n) is 5.47. The van der Waals surface area contributed by atoms with E-state index >= 15 is 0 Å². The summed E-state index contributed by atoms with van der Waals surface area (Å²) in [5, 5.41) is 16.7. The fourth-order valence-corrected chi connectivity index (χ4v) is 4.06. The molecule has 154 valence electrons. The third-order valence-corrected chi connectivity index (χ3v) is 5.47. The van der Waals surface area contributed by atoms with Gasteiger partial charge in [-0.2, -0.15) is 10.4 Å². The van der Waals surface area contributed by atoms with Gasteiger partial charge in [-0.05, 0) is 50.6 Å². The summed E-state index contributed by atoms with van der Waals surface area (Å²) >= 11 is 0. The molecule has 8 nitrogen and oxygen atoms in total. The number of hydrogen-bond donors (Lipinski definition) is 1. The minimum atomic E-state index is 0.246. The van der Waals surface area contributed by atoms with Crippen LogP contribution in [0.4, 0.5) is 11.5 Å². The van der Waals surface area contributed by atoms with Gasteiger partial charge in [0.15, 0.2) is 0 Å². The van der Waals surface area contributed by atoms with Gasteiger partial charge in [0, 0.05) is 13.6 Å². The standard InChI is InChI=1S/C22H25N7O/c1-15-18(22(30-3)28(2)27-15)14-29-11-5-7-20(29)19-6-4-8-21(26-19)25-17-10-9-16(12-23)24-13-17/h4,6,8-10,13,20H,5,7,11,14H2,1-3H3,(H,25,26)/t20-/m1/s1. The van der Waals surface area contributed by atoms with E-state index < -0.39 is 0 Å². The average Bonchev–Trinajstić information content (AvgIpc) is 3.33. The van der Waals surface area contributed by atoms with Crippen LogP contribution in [0, 0.1) is 18.3 Å². The molecule has 1 fully saturated rings. The highest BCUT2D eigenvalue weighted by molar-refractivity contribution is 5.55. The van der Waals surface area contributed by atoms with Crippen LogP contribution in [-0.2, 0) is 13.6 Å². The third kappa shape index (κ3) is 3.98. The number of pyridine rings is 2. The number of aromatic nitrogens is 4. The summed E-state index contributed by atoms with van der Waals surface area (Å²) in [6.45, 7) is 3.82. The lowest BCUT2D eigenvalue weighted by atomic mass is 10.1. The van der Waals surface area contributed by atoms with Crippen molar-refractivity contribution in [2.24, 2.45) is 7.05 Å². The minimum Gasteiger partial charge on any atom is -0.481 e. The van der Waals surface area contributed by atoms with Crippen molar-refractivity contribution in [1.29, 1.82) is 5.26 Å². The molecule has 3 aromatic heterocycles. The Hall–Kier alpha value is -3.44. The predicted octanol–water partition coefficient (Wildman–Crippen LogP) is 3.48. The van der Waals surface area contributed by atoms with Gasteiger partial charge in [0.05, 0.1) is 42.0 Å². The van der Waals surface area contributed by atoms with Crippen LogP contribution in [-0.4, -0.2) is 38.3 Å². The maximum atomic E-state index is 8.89. The molecule has 0 aliphatic carbocycles. The summed E-state index contributed by atoms with van der Waals surface area (Å²) in [6, 6.07) is 11.8. The second kappa shape index (κ2) is 8.51. The second-order valence-corrected chi connectivity index (χ2v) is 7.44. The Bertz CT molecular complexity index is 1070. The number of rotatable bonds is 6. The first-order valence-corrected chi connectivity index (χ1v) is 9.99. The molecular formula is C22H25N7O. The molecule has 0 radical (unpaired) electrons. The lowest BCUT2D eigenvalue weighted by molar-refractivity contribution is 0.239. The van der Waals surface area contributed by atoms with Crippen molar-refractivity contribution >= 4 is 11.5 Å². The second-order valence-electron chi connectivity index (χ2n) is 7.44. The Labute approximate surface area is 176 Å². The minimum absolute atomic E-state index is 0.246. The Morgan fingerprint density at radius 2 is 2.17 bits per heavy atom. The Morgan fingerprint density at radius 3 is 2.90 bits per heavy atom. The lowest BCUT2D eigenvalue weighted by Crippen LogP contribution is -2.24. The van der Waals surface area contributed by atoms with Crippen LogP contribution in [0.15, 0.2) is 36.5 Å². The molecule has 4 rings (SSSR count). The molecule has 3 aromatic rings. The molecule has 1 N–H and O–H groups in total. The van der Waals surface area contributed by atoms with E-state index in [4.69, 9.17) is 15.0 Å². The van der Waals surface area contributed by atoms with Gasteiger partial charge in [0.1, 0.15) is 17.6 Å². The largest absolute Gasteiger partial charge is 0.481 e. The predicted molar refractivity (Wildman–Crippen MR) is 113 cm³/mol. The maximum absolute atomic E-state index is 8.89. The molecule has 1 saturated heterocycles. The number of aryl methyl sites for hydroxylation is 2. The van der Waals surface area contributed by atoms with Crippen molar-refractivity contribution in [3.8, 4) is 11.9 Å². The zero-order chi connectivity index (χ0) is 21.1. The van der Waals surface area contributed by atoms with Crippen LogP contribution < -0.4 is 10.1 Å². The van der Waals surface area contributed by atoms with E-state index in [1.54, 1.807) is 24.1 Å². The molecular weight excluding hydrogens is 378 g/mol. The Kier molecular flexibility index (Phi) is 5.63. The molecule has 8 heteroatoms. The molecule has 1 aliphatic rings. The van der Waals surface area contributed by atoms with Crippen LogP contribution in [0.5, 0.6) is 5.88 Å². The normalized spacial score (nSPS) is 16.4. The molecule has 0 bridgehead atoms. The van der Waals surface area contributed by atoms with Crippen LogP contribution in [0.3, 0.4) is 0 Å². The lowest BCUT2D eigenvalue weighted by Gasteiger charge is -2.24. The number of hydrogen-bond acceptors (Lipinski definition) is 7. The van der Waals surface area contributed by atoms with Gasteiger partial charge in [-0.25, -0.2) is 14.6 Å². The number of methoxy groups -OCH3 is 1. The fourth-order valence-electron chi connectivity index (χ4n) is 4.06. The molecule has 1 aliphatic heterocycles. The molecule has 1 atom stereocenters. The highest BCUT2D eigenvalue weighted by Gasteiger charge is 2.29. The summed E-state index contributed by atoms with van der Waals surface area (Å²) < 4.78 is 7.37. The Morgan fingerprint density at radius 1 is 1.30 bits per heavy atom. The topological polar surface area (TPSA) is 91.9 Å². The summed E-state index contributed by atoms with van der Waals surface area (Å²) in [5.41, 5.74) is 4.36. The average molecular weight is 403 g/mol. The van der Waals surface area contributed by atoms with Crippen molar-refractivity contribution < 1.29 is 4.74 Å². The first-order chi connectivity index (χ1) is 14.6. The van der Waals surface area contributed by atoms with E-state index in [1.165, 1.54) is 0 Å². The van der Waals surface area contributed by atoms with Gasteiger partial charge in [-0.1, -0.05) is 6.07 Å². The SMILES string of the molecule is COc1c(CN2CCC[C@@H]2c2cccc(Nc3ccc(C#N)nc3)n2)c(C)nn1C. The van der Waals surface area contributed by atoms with Gasteiger partial charge in [0.2, 0.25) is 5.88 Å². The number of ether oxygens (including phenoxy) is 1. The summed E-state index contributed by atoms with van der Waals surface area (Å²) in [4.78, 5) is 11.4. The van der Waals surface area contributed by atoms with Crippen molar-refractivity contribution in [2.75, 3.05) is 19.0 Å². The van der Waals surface area contributed by atoms with Gasteiger partial charge < -0.3 is 10.1 Å². The van der Waals surface area contributed by atoms with E-state index in [9.17, 15) is 0 Å². The zero-order valence-electron chi connectivity index (χ0n) is 17.5. The molecule has 0 saturated carbocycles. The highest BCUT2D eigenvalue weighted by Crippen LogP contribution is 2.35. The van der Waals surface area contributed by atoms with E-state index in [1.807, 2.05) is 38.2 Å².